The van der Waals surface area contributed by atoms with Crippen LogP contribution in [0, 0.1) is 0 Å². The molecule has 0 aliphatic carbocycles. The lowest BCUT2D eigenvalue weighted by molar-refractivity contribution is -0.144. The van der Waals surface area contributed by atoms with E-state index in [4.69, 9.17) is 25.8 Å². The van der Waals surface area contributed by atoms with Gasteiger partial charge in [-0.05, 0) is 29.7 Å². The number of sulfonamides is 1. The molecule has 3 aromatic carbocycles. The van der Waals surface area contributed by atoms with Crippen LogP contribution in [0.5, 0.6) is 5.75 Å². The van der Waals surface area contributed by atoms with Crippen LogP contribution in [0.3, 0.4) is 0 Å². The highest BCUT2D eigenvalue weighted by Gasteiger charge is 2.27. The zero-order valence-electron chi connectivity index (χ0n) is 19.9. The molecule has 1 aliphatic heterocycles. The number of thioether (sulfide) groups is 1. The molecule has 1 amide bonds. The van der Waals surface area contributed by atoms with Crippen LogP contribution in [0.4, 0.5) is 5.69 Å². The van der Waals surface area contributed by atoms with E-state index >= 15 is 0 Å². The number of carbonyl (C=O) groups excluding carboxylic acids is 2. The van der Waals surface area contributed by atoms with E-state index in [1.54, 1.807) is 6.07 Å². The summed E-state index contributed by atoms with van der Waals surface area (Å²) in [5.74, 6) is -0.996. The van der Waals surface area contributed by atoms with E-state index in [2.05, 4.69) is 5.32 Å². The predicted octanol–water partition coefficient (Wildman–Crippen LogP) is 3.80. The Hall–Kier alpha value is -2.83. The van der Waals surface area contributed by atoms with E-state index in [9.17, 15) is 18.0 Å². The second kappa shape index (κ2) is 12.1. The van der Waals surface area contributed by atoms with Gasteiger partial charge in [-0.3, -0.25) is 9.59 Å². The smallest absolute Gasteiger partial charge is 0.316 e. The van der Waals surface area contributed by atoms with Gasteiger partial charge in [-0.25, -0.2) is 8.42 Å². The van der Waals surface area contributed by atoms with Crippen molar-refractivity contribution in [3.05, 3.63) is 59.6 Å². The number of morpholine rings is 1. The van der Waals surface area contributed by atoms with Gasteiger partial charge in [-0.2, -0.15) is 4.31 Å². The van der Waals surface area contributed by atoms with Crippen molar-refractivity contribution in [2.45, 2.75) is 9.79 Å². The molecule has 0 radical (unpaired) electrons. The maximum Gasteiger partial charge on any atom is 0.316 e. The van der Waals surface area contributed by atoms with Crippen molar-refractivity contribution in [2.24, 2.45) is 0 Å². The van der Waals surface area contributed by atoms with Crippen molar-refractivity contribution in [3.63, 3.8) is 0 Å². The molecule has 1 heterocycles. The van der Waals surface area contributed by atoms with Crippen molar-refractivity contribution in [3.8, 4) is 5.75 Å². The quantitative estimate of drug-likeness (QED) is 0.309. The first kappa shape index (κ1) is 27.2. The maximum absolute atomic E-state index is 12.9. The lowest BCUT2D eigenvalue weighted by Crippen LogP contribution is -2.40. The van der Waals surface area contributed by atoms with Crippen molar-refractivity contribution < 1.29 is 32.2 Å². The Kier molecular flexibility index (Phi) is 8.93. The van der Waals surface area contributed by atoms with E-state index in [0.29, 0.717) is 18.2 Å². The van der Waals surface area contributed by atoms with Gasteiger partial charge in [-0.1, -0.05) is 35.9 Å². The van der Waals surface area contributed by atoms with E-state index < -0.39 is 28.5 Å². The van der Waals surface area contributed by atoms with Gasteiger partial charge in [0, 0.05) is 34.5 Å². The molecule has 0 spiro atoms. The minimum atomic E-state index is -3.73. The average Bonchev–Trinajstić information content (AvgIpc) is 2.91. The molecule has 196 valence electrons. The second-order valence-electron chi connectivity index (χ2n) is 7.97. The minimum Gasteiger partial charge on any atom is -0.495 e. The van der Waals surface area contributed by atoms with Gasteiger partial charge in [0.25, 0.3) is 5.91 Å². The fourth-order valence-corrected chi connectivity index (χ4v) is 6.43. The zero-order valence-corrected chi connectivity index (χ0v) is 22.3. The number of fused-ring (bicyclic) bond motifs is 1. The van der Waals surface area contributed by atoms with Crippen LogP contribution in [-0.4, -0.2) is 70.4 Å². The van der Waals surface area contributed by atoms with Crippen molar-refractivity contribution >= 4 is 61.7 Å². The van der Waals surface area contributed by atoms with Crippen LogP contribution < -0.4 is 10.1 Å². The number of anilines is 1. The summed E-state index contributed by atoms with van der Waals surface area (Å²) in [6.07, 6.45) is 0. The lowest BCUT2D eigenvalue weighted by Gasteiger charge is -2.26. The first-order chi connectivity index (χ1) is 17.8. The van der Waals surface area contributed by atoms with E-state index in [-0.39, 0.29) is 35.2 Å². The summed E-state index contributed by atoms with van der Waals surface area (Å²) in [7, 11) is -2.36. The van der Waals surface area contributed by atoms with E-state index in [1.807, 2.05) is 30.3 Å². The molecule has 37 heavy (non-hydrogen) atoms. The third-order valence-electron chi connectivity index (χ3n) is 5.58. The first-order valence-electron chi connectivity index (χ1n) is 11.3. The number of ether oxygens (including phenoxy) is 3. The maximum atomic E-state index is 12.9. The molecule has 0 unspecified atom stereocenters. The number of halogens is 1. The van der Waals surface area contributed by atoms with Gasteiger partial charge in [0.1, 0.15) is 5.75 Å². The molecule has 3 aromatic rings. The molecule has 9 nitrogen and oxygen atoms in total. The van der Waals surface area contributed by atoms with Gasteiger partial charge in [-0.15, -0.1) is 11.8 Å². The lowest BCUT2D eigenvalue weighted by atomic mass is 10.1. The number of hydrogen-bond donors (Lipinski definition) is 1. The fourth-order valence-electron chi connectivity index (χ4n) is 3.76. The SMILES string of the molecule is COc1cc(S(=O)(=O)N2CCOCC2)ccc1NC(=O)COC(=O)CSc1cccc2cccc(Cl)c12. The standard InChI is InChI=1S/C25H25ClN2O7S2/c1-33-21-14-18(37(31,32)28-10-12-34-13-11-28)8-9-20(21)27-23(29)15-35-24(30)16-36-22-7-3-5-17-4-2-6-19(26)25(17)22/h2-9,14H,10-13,15-16H2,1H3,(H,27,29). The monoisotopic (exact) mass is 564 g/mol. The van der Waals surface area contributed by atoms with E-state index in [1.165, 1.54) is 41.4 Å². The Balaban J connectivity index is 1.33. The number of hydrogen-bond acceptors (Lipinski definition) is 8. The number of esters is 1. The Morgan fingerprint density at radius 1 is 1.11 bits per heavy atom. The number of carbonyl (C=O) groups is 2. The Morgan fingerprint density at radius 2 is 1.84 bits per heavy atom. The highest BCUT2D eigenvalue weighted by molar-refractivity contribution is 8.00. The number of nitrogens with one attached hydrogen (secondary N) is 1. The zero-order chi connectivity index (χ0) is 26.4. The van der Waals surface area contributed by atoms with Crippen molar-refractivity contribution in [2.75, 3.05) is 51.1 Å². The summed E-state index contributed by atoms with van der Waals surface area (Å²) in [6, 6.07) is 15.4. The number of benzene rings is 3. The largest absolute Gasteiger partial charge is 0.495 e. The summed E-state index contributed by atoms with van der Waals surface area (Å²) in [5.41, 5.74) is 0.254. The first-order valence-corrected chi connectivity index (χ1v) is 14.1. The molecular formula is C25H25ClN2O7S2. The fraction of sp³-hybridized carbons (Fsp3) is 0.280. The molecule has 4 rings (SSSR count). The second-order valence-corrected chi connectivity index (χ2v) is 11.3. The Morgan fingerprint density at radius 3 is 2.57 bits per heavy atom. The topological polar surface area (TPSA) is 111 Å². The van der Waals surface area contributed by atoms with Gasteiger partial charge in [0.2, 0.25) is 10.0 Å². The summed E-state index contributed by atoms with van der Waals surface area (Å²) in [6.45, 7) is 0.683. The summed E-state index contributed by atoms with van der Waals surface area (Å²) >= 11 is 7.59. The van der Waals surface area contributed by atoms with E-state index in [0.717, 1.165) is 15.7 Å². The third-order valence-corrected chi connectivity index (χ3v) is 8.82. The number of rotatable bonds is 9. The van der Waals surface area contributed by atoms with Gasteiger partial charge >= 0.3 is 5.97 Å². The van der Waals surface area contributed by atoms with Crippen LogP contribution in [0.15, 0.2) is 64.4 Å². The Labute approximate surface area is 224 Å². The molecule has 1 aliphatic rings. The molecular weight excluding hydrogens is 540 g/mol. The van der Waals surface area contributed by atoms with Crippen molar-refractivity contribution in [1.82, 2.24) is 4.31 Å². The minimum absolute atomic E-state index is 0.00493. The molecule has 12 heteroatoms. The normalized spacial score (nSPS) is 14.3. The van der Waals surface area contributed by atoms with Crippen LogP contribution in [-0.2, 0) is 29.1 Å². The molecule has 1 N–H and O–H groups in total. The third kappa shape index (κ3) is 6.55. The Bertz CT molecular complexity index is 1400. The van der Waals surface area contributed by atoms with Crippen molar-refractivity contribution in [1.29, 1.82) is 0 Å². The van der Waals surface area contributed by atoms with Crippen LogP contribution in [0.1, 0.15) is 0 Å². The number of nitrogens with zero attached hydrogens (tertiary/aromatic N) is 1. The number of amides is 1. The van der Waals surface area contributed by atoms with Gasteiger partial charge in [0.05, 0.1) is 36.7 Å². The molecule has 0 aromatic heterocycles. The number of methoxy groups -OCH3 is 1. The highest BCUT2D eigenvalue weighted by atomic mass is 35.5. The average molecular weight is 565 g/mol. The molecule has 0 bridgehead atoms. The van der Waals surface area contributed by atoms with Crippen LogP contribution >= 0.6 is 23.4 Å². The van der Waals surface area contributed by atoms with Crippen LogP contribution in [0.25, 0.3) is 10.8 Å². The molecule has 0 saturated carbocycles. The molecule has 1 saturated heterocycles. The summed E-state index contributed by atoms with van der Waals surface area (Å²) in [4.78, 5) is 25.5. The molecule has 1 fully saturated rings. The predicted molar refractivity (Wildman–Crippen MR) is 142 cm³/mol. The summed E-state index contributed by atoms with van der Waals surface area (Å²) in [5, 5.41) is 4.99. The van der Waals surface area contributed by atoms with Gasteiger partial charge < -0.3 is 19.5 Å². The molecule has 0 atom stereocenters. The van der Waals surface area contributed by atoms with Crippen LogP contribution in [0.2, 0.25) is 5.02 Å². The van der Waals surface area contributed by atoms with Gasteiger partial charge in [0.15, 0.2) is 6.61 Å². The highest BCUT2D eigenvalue weighted by Crippen LogP contribution is 2.33. The summed E-state index contributed by atoms with van der Waals surface area (Å²) < 4.78 is 42.7.